The van der Waals surface area contributed by atoms with Gasteiger partial charge in [0.05, 0.1) is 13.2 Å². The van der Waals surface area contributed by atoms with Crippen LogP contribution in [0.2, 0.25) is 0 Å². The summed E-state index contributed by atoms with van der Waals surface area (Å²) < 4.78 is 18.1. The summed E-state index contributed by atoms with van der Waals surface area (Å²) in [5.74, 6) is -2.80. The van der Waals surface area contributed by atoms with Crippen molar-refractivity contribution in [2.24, 2.45) is 5.73 Å². The lowest BCUT2D eigenvalue weighted by molar-refractivity contribution is -0.151. The topological polar surface area (TPSA) is 159 Å². The summed E-state index contributed by atoms with van der Waals surface area (Å²) in [7, 11) is 0. The van der Waals surface area contributed by atoms with Gasteiger partial charge in [0, 0.05) is 19.4 Å². The highest BCUT2D eigenvalue weighted by molar-refractivity contribution is 5.89. The van der Waals surface area contributed by atoms with Crippen molar-refractivity contribution < 1.29 is 38.5 Å². The highest BCUT2D eigenvalue weighted by Gasteiger charge is 2.34. The minimum atomic E-state index is -1.21. The SMILES string of the molecule is CCN(C(=O)[C@H](CCF)NC(=O)OC(C)(C)C)[C@@H](Cc1ccccc1)C(=O)O.NCC(=O)O. The predicted octanol–water partition coefficient (Wildman–Crippen LogP) is 1.81. The van der Waals surface area contributed by atoms with E-state index in [-0.39, 0.29) is 25.9 Å². The van der Waals surface area contributed by atoms with Crippen molar-refractivity contribution >= 4 is 23.9 Å². The monoisotopic (exact) mass is 471 g/mol. The van der Waals surface area contributed by atoms with Gasteiger partial charge >= 0.3 is 18.0 Å². The number of ether oxygens (including phenoxy) is 1. The van der Waals surface area contributed by atoms with Gasteiger partial charge in [0.15, 0.2) is 0 Å². The van der Waals surface area contributed by atoms with Crippen LogP contribution < -0.4 is 11.1 Å². The molecule has 0 saturated heterocycles. The van der Waals surface area contributed by atoms with Gasteiger partial charge in [-0.25, -0.2) is 9.59 Å². The Morgan fingerprint density at radius 1 is 1.15 bits per heavy atom. The Morgan fingerprint density at radius 3 is 2.09 bits per heavy atom. The summed E-state index contributed by atoms with van der Waals surface area (Å²) in [4.78, 5) is 47.1. The van der Waals surface area contributed by atoms with Crippen molar-refractivity contribution in [3.05, 3.63) is 35.9 Å². The van der Waals surface area contributed by atoms with Gasteiger partial charge in [-0.15, -0.1) is 0 Å². The summed E-state index contributed by atoms with van der Waals surface area (Å²) in [5, 5.41) is 19.6. The lowest BCUT2D eigenvalue weighted by atomic mass is 10.0. The molecule has 1 rings (SSSR count). The third-order valence-corrected chi connectivity index (χ3v) is 4.12. The number of alkyl halides is 1. The lowest BCUT2D eigenvalue weighted by Crippen LogP contribution is -2.55. The zero-order valence-electron chi connectivity index (χ0n) is 19.4. The van der Waals surface area contributed by atoms with Crippen molar-refractivity contribution in [3.63, 3.8) is 0 Å². The van der Waals surface area contributed by atoms with Gasteiger partial charge in [-0.1, -0.05) is 30.3 Å². The number of halogens is 1. The number of benzene rings is 1. The molecule has 0 bridgehead atoms. The first kappa shape index (κ1) is 29.8. The van der Waals surface area contributed by atoms with Crippen molar-refractivity contribution in [2.75, 3.05) is 19.8 Å². The number of carbonyl (C=O) groups excluding carboxylic acids is 2. The Labute approximate surface area is 192 Å². The summed E-state index contributed by atoms with van der Waals surface area (Å²) >= 11 is 0. The highest BCUT2D eigenvalue weighted by Crippen LogP contribution is 2.14. The van der Waals surface area contributed by atoms with Gasteiger partial charge in [0.2, 0.25) is 5.91 Å². The van der Waals surface area contributed by atoms with Gasteiger partial charge in [0.25, 0.3) is 0 Å². The molecule has 1 aromatic carbocycles. The number of amides is 2. The molecule has 0 radical (unpaired) electrons. The maximum Gasteiger partial charge on any atom is 0.408 e. The van der Waals surface area contributed by atoms with Crippen LogP contribution in [-0.4, -0.2) is 76.5 Å². The molecule has 0 heterocycles. The van der Waals surface area contributed by atoms with Crippen molar-refractivity contribution in [1.82, 2.24) is 10.2 Å². The number of carboxylic acid groups (broad SMARTS) is 2. The van der Waals surface area contributed by atoms with Crippen LogP contribution in [0.15, 0.2) is 30.3 Å². The molecule has 10 nitrogen and oxygen atoms in total. The zero-order chi connectivity index (χ0) is 25.6. The molecule has 5 N–H and O–H groups in total. The van der Waals surface area contributed by atoms with Gasteiger partial charge in [0.1, 0.15) is 17.7 Å². The standard InChI is InChI=1S/C20H29FN2O5.C2H5NO2/c1-5-23(16(18(25)26)13-14-9-7-6-8-10-14)17(24)15(11-12-21)22-19(27)28-20(2,3)4;3-1-2(4)5/h6-10,15-16H,5,11-13H2,1-4H3,(H,22,27)(H,25,26);1,3H2,(H,4,5)/t15-,16-;/m0./s1. The highest BCUT2D eigenvalue weighted by atomic mass is 19.1. The Kier molecular flexibility index (Phi) is 13.3. The molecule has 0 spiro atoms. The first-order valence-corrected chi connectivity index (χ1v) is 10.4. The average molecular weight is 472 g/mol. The van der Waals surface area contributed by atoms with Crippen LogP contribution in [-0.2, 0) is 25.5 Å². The molecule has 1 aromatic rings. The predicted molar refractivity (Wildman–Crippen MR) is 119 cm³/mol. The molecule has 0 aromatic heterocycles. The molecular weight excluding hydrogens is 437 g/mol. The van der Waals surface area contributed by atoms with Crippen molar-refractivity contribution in [2.45, 2.75) is 58.2 Å². The molecule has 0 aliphatic rings. The normalized spacial score (nSPS) is 12.4. The third kappa shape index (κ3) is 12.4. The molecule has 2 amide bonds. The minimum Gasteiger partial charge on any atom is -0.480 e. The van der Waals surface area contributed by atoms with Gasteiger partial charge in [-0.3, -0.25) is 14.0 Å². The number of hydrogen-bond donors (Lipinski definition) is 4. The summed E-state index contributed by atoms with van der Waals surface area (Å²) in [6, 6.07) is 6.56. The number of hydrogen-bond acceptors (Lipinski definition) is 6. The largest absolute Gasteiger partial charge is 0.480 e. The zero-order valence-corrected chi connectivity index (χ0v) is 19.4. The molecule has 0 aliphatic carbocycles. The van der Waals surface area contributed by atoms with Gasteiger partial charge in [-0.2, -0.15) is 0 Å². The van der Waals surface area contributed by atoms with E-state index in [1.807, 2.05) is 6.07 Å². The fraction of sp³-hybridized carbons (Fsp3) is 0.545. The fourth-order valence-electron chi connectivity index (χ4n) is 2.71. The molecule has 33 heavy (non-hydrogen) atoms. The second-order valence-electron chi connectivity index (χ2n) is 7.94. The van der Waals surface area contributed by atoms with E-state index in [9.17, 15) is 28.7 Å². The Morgan fingerprint density at radius 2 is 1.70 bits per heavy atom. The summed E-state index contributed by atoms with van der Waals surface area (Å²) in [6.07, 6.45) is -1.03. The quantitative estimate of drug-likeness (QED) is 0.402. The number of nitrogens with one attached hydrogen (secondary N) is 1. The van der Waals surface area contributed by atoms with E-state index >= 15 is 0 Å². The minimum absolute atomic E-state index is 0.0986. The molecular formula is C22H34FN3O7. The van der Waals surface area contributed by atoms with Crippen LogP contribution in [0.3, 0.4) is 0 Å². The van der Waals surface area contributed by atoms with Crippen LogP contribution in [0.4, 0.5) is 9.18 Å². The molecule has 0 fully saturated rings. The maximum atomic E-state index is 13.0. The summed E-state index contributed by atoms with van der Waals surface area (Å²) in [5.41, 5.74) is 4.54. The second-order valence-corrected chi connectivity index (χ2v) is 7.94. The Bertz CT molecular complexity index is 769. The van der Waals surface area contributed by atoms with Crippen LogP contribution in [0.25, 0.3) is 0 Å². The molecule has 2 atom stereocenters. The van der Waals surface area contributed by atoms with Crippen LogP contribution in [0, 0.1) is 0 Å². The van der Waals surface area contributed by atoms with E-state index in [0.717, 1.165) is 10.5 Å². The molecule has 0 unspecified atom stereocenters. The van der Waals surface area contributed by atoms with Crippen LogP contribution >= 0.6 is 0 Å². The number of carboxylic acids is 2. The van der Waals surface area contributed by atoms with E-state index in [1.165, 1.54) is 0 Å². The number of likely N-dealkylation sites (N-methyl/N-ethyl adjacent to an activating group) is 1. The third-order valence-electron chi connectivity index (χ3n) is 4.12. The van der Waals surface area contributed by atoms with E-state index < -0.39 is 48.3 Å². The first-order chi connectivity index (χ1) is 15.4. The number of rotatable bonds is 10. The number of alkyl carbamates (subject to hydrolysis) is 1. The Hall–Kier alpha value is -3.21. The van der Waals surface area contributed by atoms with Gasteiger partial charge in [-0.05, 0) is 33.3 Å². The van der Waals surface area contributed by atoms with Crippen molar-refractivity contribution in [1.29, 1.82) is 0 Å². The summed E-state index contributed by atoms with van der Waals surface area (Å²) in [6.45, 7) is 5.60. The van der Waals surface area contributed by atoms with E-state index in [1.54, 1.807) is 52.0 Å². The fourth-order valence-corrected chi connectivity index (χ4v) is 2.71. The first-order valence-electron chi connectivity index (χ1n) is 10.4. The van der Waals surface area contributed by atoms with E-state index in [2.05, 4.69) is 11.1 Å². The maximum absolute atomic E-state index is 13.0. The molecule has 11 heteroatoms. The average Bonchev–Trinajstić information content (AvgIpc) is 2.72. The van der Waals surface area contributed by atoms with Gasteiger partial charge < -0.3 is 30.9 Å². The smallest absolute Gasteiger partial charge is 0.408 e. The van der Waals surface area contributed by atoms with Crippen molar-refractivity contribution in [3.8, 4) is 0 Å². The number of nitrogens with two attached hydrogens (primary N) is 1. The van der Waals surface area contributed by atoms with Crippen LogP contribution in [0.5, 0.6) is 0 Å². The second kappa shape index (κ2) is 14.8. The number of aliphatic carboxylic acids is 2. The van der Waals surface area contributed by atoms with E-state index in [0.29, 0.717) is 0 Å². The van der Waals surface area contributed by atoms with Crippen LogP contribution in [0.1, 0.15) is 39.7 Å². The molecule has 0 saturated carbocycles. The number of nitrogens with zero attached hydrogens (tertiary/aromatic N) is 1. The lowest BCUT2D eigenvalue weighted by Gasteiger charge is -2.32. The number of carbonyl (C=O) groups is 4. The Balaban J connectivity index is 0.00000184. The molecule has 186 valence electrons. The van der Waals surface area contributed by atoms with E-state index in [4.69, 9.17) is 9.84 Å². The molecule has 0 aliphatic heterocycles.